The lowest BCUT2D eigenvalue weighted by molar-refractivity contribution is -0.122. The molecule has 2 atom stereocenters. The molecule has 1 rings (SSSR count). The number of carbonyl (C=O) groups excluding carboxylic acids is 1. The number of hydrogen-bond acceptors (Lipinski definition) is 1. The van der Waals surface area contributed by atoms with Crippen LogP contribution in [0.5, 0.6) is 0 Å². The molecular weight excluding hydrogens is 162 g/mol. The molecule has 0 radical (unpaired) electrons. The minimum absolute atomic E-state index is 0.0884. The fraction of sp³-hybridized carbons (Fsp3) is 0.909. The topological polar surface area (TPSA) is 43.1 Å². The van der Waals surface area contributed by atoms with Crippen molar-refractivity contribution in [2.75, 3.05) is 0 Å². The number of amides is 1. The second-order valence-electron chi connectivity index (χ2n) is 4.42. The van der Waals surface area contributed by atoms with Crippen molar-refractivity contribution in [2.24, 2.45) is 17.6 Å². The highest BCUT2D eigenvalue weighted by atomic mass is 16.1. The van der Waals surface area contributed by atoms with E-state index in [9.17, 15) is 4.79 Å². The summed E-state index contributed by atoms with van der Waals surface area (Å²) in [5, 5.41) is 0. The van der Waals surface area contributed by atoms with Crippen LogP contribution in [0.2, 0.25) is 0 Å². The zero-order chi connectivity index (χ0) is 9.68. The third-order valence-electron chi connectivity index (χ3n) is 3.15. The molecule has 2 heteroatoms. The zero-order valence-corrected chi connectivity index (χ0v) is 8.59. The van der Waals surface area contributed by atoms with E-state index < -0.39 is 0 Å². The standard InChI is InChI=1S/C11H21NO/c1-9-5-2-3-7-10(11(12)13)8-4-6-9/h9-10H,2-8H2,1H3,(H2,12,13). The van der Waals surface area contributed by atoms with Gasteiger partial charge in [0.1, 0.15) is 0 Å². The van der Waals surface area contributed by atoms with E-state index >= 15 is 0 Å². The van der Waals surface area contributed by atoms with Gasteiger partial charge in [0.05, 0.1) is 0 Å². The average molecular weight is 183 g/mol. The number of hydrogen-bond donors (Lipinski definition) is 1. The molecule has 1 amide bonds. The van der Waals surface area contributed by atoms with Crippen molar-refractivity contribution in [3.05, 3.63) is 0 Å². The summed E-state index contributed by atoms with van der Waals surface area (Å²) in [5.41, 5.74) is 5.33. The molecule has 0 spiro atoms. The van der Waals surface area contributed by atoms with E-state index in [1.54, 1.807) is 0 Å². The first-order chi connectivity index (χ1) is 6.20. The molecule has 0 saturated heterocycles. The van der Waals surface area contributed by atoms with Crippen molar-refractivity contribution in [3.63, 3.8) is 0 Å². The van der Waals surface area contributed by atoms with Crippen LogP contribution < -0.4 is 5.73 Å². The maximum Gasteiger partial charge on any atom is 0.220 e. The lowest BCUT2D eigenvalue weighted by atomic mass is 9.96. The van der Waals surface area contributed by atoms with Gasteiger partial charge in [0.2, 0.25) is 5.91 Å². The average Bonchev–Trinajstić information content (AvgIpc) is 2.16. The summed E-state index contributed by atoms with van der Waals surface area (Å²) in [6.07, 6.45) is 8.24. The van der Waals surface area contributed by atoms with Crippen molar-refractivity contribution >= 4 is 5.91 Å². The predicted octanol–water partition coefficient (Wildman–Crippen LogP) is 2.47. The summed E-state index contributed by atoms with van der Waals surface area (Å²) in [6.45, 7) is 2.31. The van der Waals surface area contributed by atoms with Gasteiger partial charge in [-0.15, -0.1) is 0 Å². The summed E-state index contributed by atoms with van der Waals surface area (Å²) in [5.74, 6) is 0.909. The van der Waals surface area contributed by atoms with E-state index in [1.165, 1.54) is 32.1 Å². The molecule has 2 nitrogen and oxygen atoms in total. The summed E-state index contributed by atoms with van der Waals surface area (Å²) < 4.78 is 0. The molecule has 1 aliphatic rings. The Balaban J connectivity index is 2.38. The van der Waals surface area contributed by atoms with Crippen molar-refractivity contribution in [1.29, 1.82) is 0 Å². The Hall–Kier alpha value is -0.530. The zero-order valence-electron chi connectivity index (χ0n) is 8.59. The van der Waals surface area contributed by atoms with Crippen molar-refractivity contribution in [3.8, 4) is 0 Å². The summed E-state index contributed by atoms with van der Waals surface area (Å²) in [7, 11) is 0. The maximum absolute atomic E-state index is 11.0. The summed E-state index contributed by atoms with van der Waals surface area (Å²) in [6, 6.07) is 0. The maximum atomic E-state index is 11.0. The van der Waals surface area contributed by atoms with Crippen LogP contribution in [0, 0.1) is 11.8 Å². The van der Waals surface area contributed by atoms with Gasteiger partial charge in [0.25, 0.3) is 0 Å². The molecule has 0 aromatic rings. The molecule has 2 N–H and O–H groups in total. The molecule has 1 aliphatic carbocycles. The molecule has 0 heterocycles. The van der Waals surface area contributed by atoms with Crippen LogP contribution in [0.1, 0.15) is 51.9 Å². The summed E-state index contributed by atoms with van der Waals surface area (Å²) >= 11 is 0. The van der Waals surface area contributed by atoms with Crippen LogP contribution in [-0.2, 0) is 4.79 Å². The fourth-order valence-corrected chi connectivity index (χ4v) is 2.17. The van der Waals surface area contributed by atoms with Gasteiger partial charge in [0, 0.05) is 5.92 Å². The molecule has 0 aromatic heterocycles. The molecule has 76 valence electrons. The highest BCUT2D eigenvalue weighted by Crippen LogP contribution is 2.24. The molecule has 0 aromatic carbocycles. The Morgan fingerprint density at radius 2 is 1.62 bits per heavy atom. The minimum atomic E-state index is -0.0884. The van der Waals surface area contributed by atoms with Gasteiger partial charge in [0.15, 0.2) is 0 Å². The quantitative estimate of drug-likeness (QED) is 0.666. The first-order valence-corrected chi connectivity index (χ1v) is 5.49. The summed E-state index contributed by atoms with van der Waals surface area (Å²) in [4.78, 5) is 11.0. The van der Waals surface area contributed by atoms with Gasteiger partial charge in [-0.2, -0.15) is 0 Å². The highest BCUT2D eigenvalue weighted by Gasteiger charge is 2.17. The molecule has 0 bridgehead atoms. The minimum Gasteiger partial charge on any atom is -0.369 e. The molecule has 2 unspecified atom stereocenters. The van der Waals surface area contributed by atoms with E-state index in [-0.39, 0.29) is 11.8 Å². The van der Waals surface area contributed by atoms with Crippen LogP contribution in [0.25, 0.3) is 0 Å². The van der Waals surface area contributed by atoms with Crippen LogP contribution in [-0.4, -0.2) is 5.91 Å². The predicted molar refractivity (Wildman–Crippen MR) is 54.2 cm³/mol. The van der Waals surface area contributed by atoms with Crippen molar-refractivity contribution < 1.29 is 4.79 Å². The smallest absolute Gasteiger partial charge is 0.220 e. The number of nitrogens with two attached hydrogens (primary N) is 1. The Morgan fingerprint density at radius 1 is 1.08 bits per heavy atom. The second-order valence-corrected chi connectivity index (χ2v) is 4.42. The molecular formula is C11H21NO. The monoisotopic (exact) mass is 183 g/mol. The highest BCUT2D eigenvalue weighted by molar-refractivity contribution is 5.76. The van der Waals surface area contributed by atoms with Crippen LogP contribution in [0.3, 0.4) is 0 Å². The Morgan fingerprint density at radius 3 is 2.31 bits per heavy atom. The Bertz CT molecular complexity index is 167. The van der Waals surface area contributed by atoms with Crippen LogP contribution in [0.4, 0.5) is 0 Å². The molecule has 1 saturated carbocycles. The second kappa shape index (κ2) is 5.25. The van der Waals surface area contributed by atoms with Gasteiger partial charge in [-0.3, -0.25) is 4.79 Å². The first-order valence-electron chi connectivity index (χ1n) is 5.49. The lowest BCUT2D eigenvalue weighted by Crippen LogP contribution is -2.23. The fourth-order valence-electron chi connectivity index (χ4n) is 2.17. The largest absolute Gasteiger partial charge is 0.369 e. The molecule has 0 aliphatic heterocycles. The number of primary amides is 1. The SMILES string of the molecule is CC1CCCCC(C(N)=O)CCC1. The van der Waals surface area contributed by atoms with Gasteiger partial charge < -0.3 is 5.73 Å². The molecule has 1 fully saturated rings. The van der Waals surface area contributed by atoms with Gasteiger partial charge in [-0.25, -0.2) is 0 Å². The van der Waals surface area contributed by atoms with Crippen molar-refractivity contribution in [2.45, 2.75) is 51.9 Å². The Kier molecular flexibility index (Phi) is 4.26. The van der Waals surface area contributed by atoms with Crippen LogP contribution >= 0.6 is 0 Å². The third-order valence-corrected chi connectivity index (χ3v) is 3.15. The van der Waals surface area contributed by atoms with Gasteiger partial charge in [-0.05, 0) is 18.8 Å². The lowest BCUT2D eigenvalue weighted by Gasteiger charge is -2.10. The van der Waals surface area contributed by atoms with E-state index in [4.69, 9.17) is 5.73 Å². The number of rotatable bonds is 1. The third kappa shape index (κ3) is 3.79. The first kappa shape index (κ1) is 10.6. The van der Waals surface area contributed by atoms with E-state index in [0.29, 0.717) is 0 Å². The Labute approximate surface area is 80.9 Å². The van der Waals surface area contributed by atoms with E-state index in [0.717, 1.165) is 18.8 Å². The van der Waals surface area contributed by atoms with Gasteiger partial charge >= 0.3 is 0 Å². The van der Waals surface area contributed by atoms with Crippen LogP contribution in [0.15, 0.2) is 0 Å². The van der Waals surface area contributed by atoms with Gasteiger partial charge in [-0.1, -0.05) is 39.0 Å². The van der Waals surface area contributed by atoms with E-state index in [2.05, 4.69) is 6.92 Å². The number of carbonyl (C=O) groups is 1. The molecule has 13 heavy (non-hydrogen) atoms. The normalized spacial score (nSPS) is 31.5. The van der Waals surface area contributed by atoms with E-state index in [1.807, 2.05) is 0 Å². The van der Waals surface area contributed by atoms with Crippen molar-refractivity contribution in [1.82, 2.24) is 0 Å².